The summed E-state index contributed by atoms with van der Waals surface area (Å²) in [5.41, 5.74) is 0.401. The van der Waals surface area contributed by atoms with E-state index in [1.165, 1.54) is 22.8 Å². The maximum absolute atomic E-state index is 12.1. The fourth-order valence-corrected chi connectivity index (χ4v) is 2.10. The van der Waals surface area contributed by atoms with Crippen molar-refractivity contribution in [2.24, 2.45) is 0 Å². The van der Waals surface area contributed by atoms with Crippen molar-refractivity contribution >= 4 is 17.0 Å². The summed E-state index contributed by atoms with van der Waals surface area (Å²) in [5.74, 6) is -1.13. The van der Waals surface area contributed by atoms with Gasteiger partial charge < -0.3 is 10.1 Å². The highest BCUT2D eigenvalue weighted by Gasteiger charge is 2.25. The van der Waals surface area contributed by atoms with Crippen LogP contribution in [0.1, 0.15) is 29.6 Å². The van der Waals surface area contributed by atoms with Crippen molar-refractivity contribution in [1.82, 2.24) is 9.55 Å². The van der Waals surface area contributed by atoms with Gasteiger partial charge in [0.15, 0.2) is 0 Å². The van der Waals surface area contributed by atoms with Gasteiger partial charge in [-0.3, -0.25) is 4.57 Å². The lowest BCUT2D eigenvalue weighted by Gasteiger charge is -2.06. The molecule has 0 saturated carbocycles. The number of unbranched alkanes of at least 4 members (excludes halogenated alkanes) is 1. The van der Waals surface area contributed by atoms with Crippen LogP contribution in [0.2, 0.25) is 0 Å². The van der Waals surface area contributed by atoms with E-state index in [0.29, 0.717) is 11.0 Å². The number of halogens is 3. The highest BCUT2D eigenvalue weighted by Crippen LogP contribution is 2.22. The third kappa shape index (κ3) is 3.65. The van der Waals surface area contributed by atoms with Gasteiger partial charge in [-0.25, -0.2) is 9.59 Å². The molecule has 1 heterocycles. The second-order valence-corrected chi connectivity index (χ2v) is 4.69. The van der Waals surface area contributed by atoms with E-state index in [9.17, 15) is 22.8 Å². The molecule has 5 nitrogen and oxygen atoms in total. The van der Waals surface area contributed by atoms with Crippen LogP contribution in [0.3, 0.4) is 0 Å². The van der Waals surface area contributed by atoms with Crippen molar-refractivity contribution in [3.05, 3.63) is 34.2 Å². The molecule has 0 bridgehead atoms. The zero-order valence-corrected chi connectivity index (χ0v) is 10.9. The molecule has 0 aliphatic heterocycles. The summed E-state index contributed by atoms with van der Waals surface area (Å²) >= 11 is 0. The molecule has 8 heteroatoms. The molecule has 0 saturated heterocycles. The fraction of sp³-hybridized carbons (Fsp3) is 0.385. The molecule has 0 spiro atoms. The molecule has 0 atom stereocenters. The first-order valence-corrected chi connectivity index (χ1v) is 6.30. The summed E-state index contributed by atoms with van der Waals surface area (Å²) in [6.07, 6.45) is -5.00. The lowest BCUT2D eigenvalue weighted by Crippen LogP contribution is -2.17. The number of hydrogen-bond acceptors (Lipinski definition) is 2. The standard InChI is InChI=1S/C13H13F3N2O3/c14-13(15,16)5-1-2-6-18-10-7-8(11(19)20)3-4-9(10)17-12(18)21/h3-4,7H,1-2,5-6H2,(H,17,21)(H,19,20). The number of benzene rings is 1. The van der Waals surface area contributed by atoms with Gasteiger partial charge in [0.2, 0.25) is 0 Å². The normalized spacial score (nSPS) is 12.0. The summed E-state index contributed by atoms with van der Waals surface area (Å²) in [6, 6.07) is 4.15. The van der Waals surface area contributed by atoms with E-state index in [1.54, 1.807) is 0 Å². The summed E-state index contributed by atoms with van der Waals surface area (Å²) in [4.78, 5) is 25.2. The number of carboxylic acid groups (broad SMARTS) is 1. The summed E-state index contributed by atoms with van der Waals surface area (Å²) in [6.45, 7) is 0.109. The zero-order chi connectivity index (χ0) is 15.6. The van der Waals surface area contributed by atoms with Crippen molar-refractivity contribution in [2.75, 3.05) is 0 Å². The van der Waals surface area contributed by atoms with Crippen LogP contribution in [0.25, 0.3) is 11.0 Å². The van der Waals surface area contributed by atoms with Crippen LogP contribution in [0, 0.1) is 0 Å². The Hall–Kier alpha value is -2.25. The Morgan fingerprint density at radius 1 is 1.29 bits per heavy atom. The minimum atomic E-state index is -4.21. The van der Waals surface area contributed by atoms with Crippen LogP contribution < -0.4 is 5.69 Å². The largest absolute Gasteiger partial charge is 0.478 e. The minimum Gasteiger partial charge on any atom is -0.478 e. The molecule has 0 aliphatic carbocycles. The Bertz CT molecular complexity index is 716. The van der Waals surface area contributed by atoms with E-state index in [0.717, 1.165) is 0 Å². The number of aromatic carboxylic acids is 1. The number of fused-ring (bicyclic) bond motifs is 1. The van der Waals surface area contributed by atoms with Crippen LogP contribution >= 0.6 is 0 Å². The molecule has 1 aromatic heterocycles. The second kappa shape index (κ2) is 5.63. The van der Waals surface area contributed by atoms with Gasteiger partial charge in [0.25, 0.3) is 0 Å². The van der Waals surface area contributed by atoms with E-state index in [2.05, 4.69) is 4.98 Å². The summed E-state index contributed by atoms with van der Waals surface area (Å²) in [7, 11) is 0. The fourth-order valence-electron chi connectivity index (χ4n) is 2.10. The molecule has 0 amide bonds. The van der Waals surface area contributed by atoms with Crippen molar-refractivity contribution in [3.63, 3.8) is 0 Å². The van der Waals surface area contributed by atoms with Gasteiger partial charge in [-0.05, 0) is 31.0 Å². The molecule has 0 radical (unpaired) electrons. The van der Waals surface area contributed by atoms with Crippen LogP contribution in [0.4, 0.5) is 13.2 Å². The molecule has 2 N–H and O–H groups in total. The lowest BCUT2D eigenvalue weighted by molar-refractivity contribution is -0.135. The van der Waals surface area contributed by atoms with Gasteiger partial charge in [0, 0.05) is 13.0 Å². The average molecular weight is 302 g/mol. The molecule has 2 rings (SSSR count). The van der Waals surface area contributed by atoms with Crippen molar-refractivity contribution in [3.8, 4) is 0 Å². The smallest absolute Gasteiger partial charge is 0.389 e. The number of aromatic amines is 1. The predicted molar refractivity (Wildman–Crippen MR) is 69.4 cm³/mol. The van der Waals surface area contributed by atoms with Gasteiger partial charge in [-0.15, -0.1) is 0 Å². The zero-order valence-electron chi connectivity index (χ0n) is 10.9. The molecule has 0 unspecified atom stereocenters. The number of nitrogens with one attached hydrogen (secondary N) is 1. The minimum absolute atomic E-state index is 0.0190. The first-order valence-electron chi connectivity index (χ1n) is 6.30. The highest BCUT2D eigenvalue weighted by molar-refractivity contribution is 5.92. The average Bonchev–Trinajstić information content (AvgIpc) is 2.68. The lowest BCUT2D eigenvalue weighted by atomic mass is 10.2. The van der Waals surface area contributed by atoms with E-state index in [4.69, 9.17) is 5.11 Å². The number of H-pyrrole nitrogens is 1. The monoisotopic (exact) mass is 302 g/mol. The summed E-state index contributed by atoms with van der Waals surface area (Å²) in [5, 5.41) is 8.92. The topological polar surface area (TPSA) is 75.1 Å². The SMILES string of the molecule is O=C(O)c1ccc2[nH]c(=O)n(CCCCC(F)(F)F)c2c1. The third-order valence-corrected chi connectivity index (χ3v) is 3.11. The Labute approximate surface area is 117 Å². The van der Waals surface area contributed by atoms with Gasteiger partial charge in [-0.1, -0.05) is 0 Å². The van der Waals surface area contributed by atoms with Gasteiger partial charge in [-0.2, -0.15) is 13.2 Å². The number of imidazole rings is 1. The number of carbonyl (C=O) groups is 1. The highest BCUT2D eigenvalue weighted by atomic mass is 19.4. The quantitative estimate of drug-likeness (QED) is 0.834. The van der Waals surface area contributed by atoms with Crippen LogP contribution in [-0.4, -0.2) is 26.8 Å². The van der Waals surface area contributed by atoms with E-state index >= 15 is 0 Å². The number of hydrogen-bond donors (Lipinski definition) is 2. The van der Waals surface area contributed by atoms with Gasteiger partial charge in [0.1, 0.15) is 0 Å². The molecule has 0 aliphatic rings. The van der Waals surface area contributed by atoms with Crippen LogP contribution in [0.15, 0.2) is 23.0 Å². The molecule has 0 fully saturated rings. The van der Waals surface area contributed by atoms with E-state index < -0.39 is 24.3 Å². The van der Waals surface area contributed by atoms with Crippen molar-refractivity contribution in [1.29, 1.82) is 0 Å². The van der Waals surface area contributed by atoms with Gasteiger partial charge >= 0.3 is 17.8 Å². The first kappa shape index (κ1) is 15.1. The van der Waals surface area contributed by atoms with E-state index in [-0.39, 0.29) is 24.9 Å². The third-order valence-electron chi connectivity index (χ3n) is 3.11. The number of aromatic nitrogens is 2. The molecular weight excluding hydrogens is 289 g/mol. The number of alkyl halides is 3. The number of nitrogens with zero attached hydrogens (tertiary/aromatic N) is 1. The Morgan fingerprint density at radius 2 is 2.00 bits per heavy atom. The Morgan fingerprint density at radius 3 is 2.62 bits per heavy atom. The van der Waals surface area contributed by atoms with Crippen LogP contribution in [-0.2, 0) is 6.54 Å². The second-order valence-electron chi connectivity index (χ2n) is 4.69. The molecule has 21 heavy (non-hydrogen) atoms. The van der Waals surface area contributed by atoms with Crippen molar-refractivity contribution in [2.45, 2.75) is 32.0 Å². The van der Waals surface area contributed by atoms with Gasteiger partial charge in [0.05, 0.1) is 16.6 Å². The molecular formula is C13H13F3N2O3. The predicted octanol–water partition coefficient (Wildman–Crippen LogP) is 2.76. The molecule has 2 aromatic rings. The first-order chi connectivity index (χ1) is 9.78. The van der Waals surface area contributed by atoms with Crippen LogP contribution in [0.5, 0.6) is 0 Å². The van der Waals surface area contributed by atoms with E-state index in [1.807, 2.05) is 0 Å². The number of aryl methyl sites for hydroxylation is 1. The Kier molecular flexibility index (Phi) is 4.06. The molecule has 1 aromatic carbocycles. The number of carboxylic acids is 1. The summed E-state index contributed by atoms with van der Waals surface area (Å²) < 4.78 is 37.4. The number of rotatable bonds is 5. The maximum Gasteiger partial charge on any atom is 0.389 e. The molecule has 114 valence electrons. The van der Waals surface area contributed by atoms with Crippen molar-refractivity contribution < 1.29 is 23.1 Å². The Balaban J connectivity index is 2.18. The maximum atomic E-state index is 12.1.